The van der Waals surface area contributed by atoms with Crippen LogP contribution in [-0.4, -0.2) is 18.9 Å². The molecular weight excluding hydrogens is 504 g/mol. The van der Waals surface area contributed by atoms with E-state index in [0.29, 0.717) is 17.1 Å². The number of nitrogens with one attached hydrogen (secondary N) is 2. The Hall–Kier alpha value is -2.84. The molecule has 0 aliphatic heterocycles. The third-order valence-electron chi connectivity index (χ3n) is 3.79. The molecule has 0 aliphatic carbocycles. The van der Waals surface area contributed by atoms with Gasteiger partial charge in [0.2, 0.25) is 5.91 Å². The standard InChI is InChI=1S/C21H16Br2N2O4/c1-28-20-13(10-14(22)11-17(20)23)7-8-19(26)24-15-4-2-5-16(12-15)25-21(27)18-6-3-9-29-18/h2-12H,1H3,(H,24,26)(H,25,27)/b8-7+. The largest absolute Gasteiger partial charge is 0.495 e. The zero-order valence-corrected chi connectivity index (χ0v) is 18.4. The predicted octanol–water partition coefficient (Wildman–Crippen LogP) is 5.72. The van der Waals surface area contributed by atoms with Crippen LogP contribution in [0.25, 0.3) is 6.08 Å². The summed E-state index contributed by atoms with van der Waals surface area (Å²) in [6, 6.07) is 13.7. The van der Waals surface area contributed by atoms with Gasteiger partial charge in [0, 0.05) is 27.5 Å². The van der Waals surface area contributed by atoms with Crippen LogP contribution in [0.2, 0.25) is 0 Å². The van der Waals surface area contributed by atoms with E-state index in [2.05, 4.69) is 42.5 Å². The number of halogens is 2. The minimum absolute atomic E-state index is 0.205. The van der Waals surface area contributed by atoms with E-state index in [9.17, 15) is 9.59 Å². The van der Waals surface area contributed by atoms with Crippen LogP contribution in [0.1, 0.15) is 16.1 Å². The van der Waals surface area contributed by atoms with Gasteiger partial charge in [-0.15, -0.1) is 0 Å². The Balaban J connectivity index is 1.68. The van der Waals surface area contributed by atoms with Crippen molar-refractivity contribution in [1.82, 2.24) is 0 Å². The van der Waals surface area contributed by atoms with Crippen LogP contribution in [0.3, 0.4) is 0 Å². The van der Waals surface area contributed by atoms with Gasteiger partial charge in [-0.2, -0.15) is 0 Å². The van der Waals surface area contributed by atoms with Gasteiger partial charge in [-0.1, -0.05) is 22.0 Å². The number of hydrogen-bond acceptors (Lipinski definition) is 4. The lowest BCUT2D eigenvalue weighted by atomic mass is 10.2. The van der Waals surface area contributed by atoms with Gasteiger partial charge in [0.1, 0.15) is 5.75 Å². The number of amides is 2. The highest BCUT2D eigenvalue weighted by Gasteiger charge is 2.10. The monoisotopic (exact) mass is 518 g/mol. The van der Waals surface area contributed by atoms with Crippen molar-refractivity contribution in [2.24, 2.45) is 0 Å². The van der Waals surface area contributed by atoms with Crippen LogP contribution in [0.15, 0.2) is 74.2 Å². The maximum absolute atomic E-state index is 12.3. The quantitative estimate of drug-likeness (QED) is 0.408. The third kappa shape index (κ3) is 5.58. The summed E-state index contributed by atoms with van der Waals surface area (Å²) >= 11 is 6.85. The van der Waals surface area contributed by atoms with E-state index < -0.39 is 0 Å². The Labute approximate surface area is 184 Å². The molecule has 2 amide bonds. The predicted molar refractivity (Wildman–Crippen MR) is 119 cm³/mol. The Morgan fingerprint density at radius 3 is 2.48 bits per heavy atom. The van der Waals surface area contributed by atoms with E-state index in [1.807, 2.05) is 12.1 Å². The van der Waals surface area contributed by atoms with Crippen molar-refractivity contribution in [3.63, 3.8) is 0 Å². The summed E-state index contributed by atoms with van der Waals surface area (Å²) in [7, 11) is 1.56. The second-order valence-corrected chi connectivity index (χ2v) is 7.61. The van der Waals surface area contributed by atoms with Crippen molar-refractivity contribution in [3.8, 4) is 5.75 Å². The molecule has 3 rings (SSSR count). The molecule has 0 aliphatic rings. The summed E-state index contributed by atoms with van der Waals surface area (Å²) in [5.74, 6) is 0.139. The molecule has 0 saturated carbocycles. The molecule has 3 aromatic rings. The fourth-order valence-electron chi connectivity index (χ4n) is 2.54. The first-order valence-electron chi connectivity index (χ1n) is 8.43. The number of benzene rings is 2. The van der Waals surface area contributed by atoms with E-state index in [1.54, 1.807) is 49.6 Å². The Bertz CT molecular complexity index is 1060. The van der Waals surface area contributed by atoms with Crippen molar-refractivity contribution >= 4 is 61.1 Å². The summed E-state index contributed by atoms with van der Waals surface area (Å²) in [6.07, 6.45) is 4.49. The van der Waals surface area contributed by atoms with Gasteiger partial charge in [0.05, 0.1) is 17.8 Å². The van der Waals surface area contributed by atoms with Crippen LogP contribution in [0.4, 0.5) is 11.4 Å². The van der Waals surface area contributed by atoms with Crippen LogP contribution in [0, 0.1) is 0 Å². The highest BCUT2D eigenvalue weighted by atomic mass is 79.9. The molecule has 1 aromatic heterocycles. The number of furan rings is 1. The van der Waals surface area contributed by atoms with Crippen LogP contribution >= 0.6 is 31.9 Å². The molecule has 1 heterocycles. The van der Waals surface area contributed by atoms with Crippen molar-refractivity contribution in [3.05, 3.63) is 81.1 Å². The molecule has 0 bridgehead atoms. The highest BCUT2D eigenvalue weighted by molar-refractivity contribution is 9.11. The molecule has 0 fully saturated rings. The van der Waals surface area contributed by atoms with Crippen LogP contribution < -0.4 is 15.4 Å². The summed E-state index contributed by atoms with van der Waals surface area (Å²) in [4.78, 5) is 24.4. The van der Waals surface area contributed by atoms with Crippen molar-refractivity contribution in [1.29, 1.82) is 0 Å². The molecule has 6 nitrogen and oxygen atoms in total. The normalized spacial score (nSPS) is 10.7. The summed E-state index contributed by atoms with van der Waals surface area (Å²) in [5, 5.41) is 5.48. The van der Waals surface area contributed by atoms with Gasteiger partial charge in [-0.3, -0.25) is 9.59 Å². The number of methoxy groups -OCH3 is 1. The van der Waals surface area contributed by atoms with Gasteiger partial charge < -0.3 is 19.8 Å². The lowest BCUT2D eigenvalue weighted by Gasteiger charge is -2.09. The topological polar surface area (TPSA) is 80.6 Å². The van der Waals surface area contributed by atoms with E-state index in [4.69, 9.17) is 9.15 Å². The second kappa shape index (κ2) is 9.58. The highest BCUT2D eigenvalue weighted by Crippen LogP contribution is 2.33. The smallest absolute Gasteiger partial charge is 0.291 e. The zero-order chi connectivity index (χ0) is 20.8. The summed E-state index contributed by atoms with van der Waals surface area (Å²) in [5.41, 5.74) is 1.81. The average molecular weight is 520 g/mol. The van der Waals surface area contributed by atoms with Crippen LogP contribution in [-0.2, 0) is 4.79 Å². The molecule has 29 heavy (non-hydrogen) atoms. The van der Waals surface area contributed by atoms with E-state index in [0.717, 1.165) is 14.5 Å². The first kappa shape index (κ1) is 20.9. The number of carbonyl (C=O) groups excluding carboxylic acids is 2. The van der Waals surface area contributed by atoms with E-state index in [1.165, 1.54) is 12.3 Å². The summed E-state index contributed by atoms with van der Waals surface area (Å²) < 4.78 is 12.1. The molecule has 2 aromatic carbocycles. The maximum atomic E-state index is 12.3. The zero-order valence-electron chi connectivity index (χ0n) is 15.2. The SMILES string of the molecule is COc1c(Br)cc(Br)cc1/C=C/C(=O)Nc1cccc(NC(=O)c2ccco2)c1. The lowest BCUT2D eigenvalue weighted by Crippen LogP contribution is -2.12. The van der Waals surface area contributed by atoms with Gasteiger partial charge >= 0.3 is 0 Å². The lowest BCUT2D eigenvalue weighted by molar-refractivity contribution is -0.111. The molecule has 8 heteroatoms. The number of carbonyl (C=O) groups is 2. The third-order valence-corrected chi connectivity index (χ3v) is 4.84. The van der Waals surface area contributed by atoms with E-state index >= 15 is 0 Å². The van der Waals surface area contributed by atoms with Gasteiger partial charge in [-0.25, -0.2) is 0 Å². The Morgan fingerprint density at radius 2 is 1.79 bits per heavy atom. The Morgan fingerprint density at radius 1 is 1.03 bits per heavy atom. The average Bonchev–Trinajstić information content (AvgIpc) is 3.21. The van der Waals surface area contributed by atoms with Crippen molar-refractivity contribution < 1.29 is 18.7 Å². The molecule has 2 N–H and O–H groups in total. The van der Waals surface area contributed by atoms with Crippen LogP contribution in [0.5, 0.6) is 5.75 Å². The fraction of sp³-hybridized carbons (Fsp3) is 0.0476. The molecule has 0 unspecified atom stereocenters. The van der Waals surface area contributed by atoms with Gasteiger partial charge in [0.25, 0.3) is 5.91 Å². The van der Waals surface area contributed by atoms with Crippen molar-refractivity contribution in [2.75, 3.05) is 17.7 Å². The van der Waals surface area contributed by atoms with Crippen molar-refractivity contribution in [2.45, 2.75) is 0 Å². The molecule has 0 saturated heterocycles. The second-order valence-electron chi connectivity index (χ2n) is 5.84. The fourth-order valence-corrected chi connectivity index (χ4v) is 3.96. The number of anilines is 2. The number of hydrogen-bond donors (Lipinski definition) is 2. The number of rotatable bonds is 6. The number of ether oxygens (including phenoxy) is 1. The Kier molecular flexibility index (Phi) is 6.90. The summed E-state index contributed by atoms with van der Waals surface area (Å²) in [6.45, 7) is 0. The first-order chi connectivity index (χ1) is 14.0. The minimum Gasteiger partial charge on any atom is -0.495 e. The first-order valence-corrected chi connectivity index (χ1v) is 10.0. The molecule has 148 valence electrons. The molecule has 0 atom stereocenters. The van der Waals surface area contributed by atoms with Gasteiger partial charge in [-0.05, 0) is 64.5 Å². The van der Waals surface area contributed by atoms with E-state index in [-0.39, 0.29) is 17.6 Å². The molecule has 0 radical (unpaired) electrons. The minimum atomic E-state index is -0.370. The van der Waals surface area contributed by atoms with Gasteiger partial charge in [0.15, 0.2) is 5.76 Å². The molecular formula is C21H16Br2N2O4. The maximum Gasteiger partial charge on any atom is 0.291 e. The molecule has 0 spiro atoms.